The van der Waals surface area contributed by atoms with Crippen LogP contribution in [0.1, 0.15) is 140 Å². The third kappa shape index (κ3) is 8.53. The minimum atomic E-state index is -1.34. The number of fused-ring (bicyclic) bond motifs is 7. The molecule has 0 radical (unpaired) electrons. The van der Waals surface area contributed by atoms with Crippen molar-refractivity contribution in [1.82, 2.24) is 0 Å². The van der Waals surface area contributed by atoms with Crippen LogP contribution in [-0.4, -0.2) is 54.2 Å². The first-order valence-electron chi connectivity index (χ1n) is 24.5. The summed E-state index contributed by atoms with van der Waals surface area (Å²) in [6, 6.07) is 29.4. The quantitative estimate of drug-likeness (QED) is 0.0483. The van der Waals surface area contributed by atoms with Gasteiger partial charge in [0.25, 0.3) is 0 Å². The van der Waals surface area contributed by atoms with Crippen LogP contribution in [0.2, 0.25) is 0 Å². The molecule has 0 saturated heterocycles. The number of allylic oxidation sites excluding steroid dienone is 3. The van der Waals surface area contributed by atoms with Crippen molar-refractivity contribution >= 4 is 22.9 Å². The van der Waals surface area contributed by atoms with Crippen molar-refractivity contribution in [2.75, 3.05) is 20.3 Å². The average Bonchev–Trinajstić information content (AvgIpc) is 3.33. The maximum atomic E-state index is 15.3. The van der Waals surface area contributed by atoms with Gasteiger partial charge in [-0.1, -0.05) is 102 Å². The highest BCUT2D eigenvalue weighted by molar-refractivity contribution is 5.90. The van der Waals surface area contributed by atoms with Gasteiger partial charge in [-0.05, 0) is 123 Å². The van der Waals surface area contributed by atoms with Gasteiger partial charge < -0.3 is 33.6 Å². The second-order valence-electron chi connectivity index (χ2n) is 20.1. The lowest BCUT2D eigenvalue weighted by Gasteiger charge is -2.48. The van der Waals surface area contributed by atoms with E-state index in [1.165, 1.54) is 29.4 Å². The molecule has 1 spiro atoms. The number of hydrogen-bond acceptors (Lipinski definition) is 10. The highest BCUT2D eigenvalue weighted by Crippen LogP contribution is 2.56. The summed E-state index contributed by atoms with van der Waals surface area (Å²) in [7, 11) is 1.51. The molecule has 7 bridgehead atoms. The van der Waals surface area contributed by atoms with Crippen LogP contribution >= 0.6 is 0 Å². The van der Waals surface area contributed by atoms with E-state index in [1.807, 2.05) is 26.8 Å². The number of benzene rings is 4. The van der Waals surface area contributed by atoms with E-state index in [-0.39, 0.29) is 72.7 Å². The highest BCUT2D eigenvalue weighted by atomic mass is 16.6. The Morgan fingerprint density at radius 1 is 0.942 bits per heavy atom. The van der Waals surface area contributed by atoms with Crippen LogP contribution in [-0.2, 0) is 48.7 Å². The van der Waals surface area contributed by atoms with Crippen molar-refractivity contribution < 1.29 is 43.2 Å². The molecule has 5 aromatic rings. The molecule has 0 amide bonds. The second-order valence-corrected chi connectivity index (χ2v) is 20.1. The van der Waals surface area contributed by atoms with Gasteiger partial charge >= 0.3 is 17.6 Å². The molecule has 356 valence electrons. The molecule has 4 aliphatic heterocycles. The summed E-state index contributed by atoms with van der Waals surface area (Å²) in [5, 5.41) is 21.4. The first-order chi connectivity index (χ1) is 33.4. The normalized spacial score (nSPS) is 26.3. The molecule has 69 heavy (non-hydrogen) atoms. The van der Waals surface area contributed by atoms with Crippen LogP contribution in [0.4, 0.5) is 0 Å². The summed E-state index contributed by atoms with van der Waals surface area (Å²) < 4.78 is 32.1. The molecular formula is C59H60O10. The number of aryl methyl sites for hydroxylation is 1. The van der Waals surface area contributed by atoms with E-state index in [0.717, 1.165) is 36.0 Å². The standard InChI is InChI=1S/C59H60O10/c1-35(2)44-17-15-37-16-19-48-46(30-37)39-14-9-24-58(3)55(68-56(44)63)54(52-49(69-58)20-18-45-47(33-61)51(57(64)67-53(45)52)42(23-27-60)34-65-4)66-50(62)32-43-31-41(22-26-59(43,48)25-21-39)40-13-8-12-38(29-40)28-36-10-6-5-7-11-36/h5-8,10-13,16,18-20,22,26,29-30,39,41-43,54-55,60-61H,15,17,21,23-25,27-28,31-34H2,1-4H3. The minimum absolute atomic E-state index is 0.0224. The van der Waals surface area contributed by atoms with Crippen LogP contribution in [0.3, 0.4) is 0 Å². The second kappa shape index (κ2) is 18.9. The third-order valence-corrected chi connectivity index (χ3v) is 15.6. The Morgan fingerprint density at radius 3 is 2.55 bits per heavy atom. The first kappa shape index (κ1) is 46.5. The van der Waals surface area contributed by atoms with Gasteiger partial charge in [0.2, 0.25) is 0 Å². The predicted molar refractivity (Wildman–Crippen MR) is 262 cm³/mol. The SMILES string of the molecule is COCC(CCO)c1c(CO)c2ccc3c(c2oc1=O)C1OC(=O)CC2CC(c4cccc(Cc5ccccc5)c4)C=CC24CCC2C#CCC(C)(O3)C1OC(=O)C(=C(C)C)CCc1ccc4c2c1. The highest BCUT2D eigenvalue weighted by Gasteiger charge is 2.54. The Kier molecular flexibility index (Phi) is 12.7. The number of methoxy groups -OCH3 is 1. The van der Waals surface area contributed by atoms with Crippen LogP contribution in [0, 0.1) is 17.8 Å². The molecule has 0 saturated carbocycles. The Morgan fingerprint density at radius 2 is 1.77 bits per heavy atom. The fourth-order valence-corrected chi connectivity index (χ4v) is 12.1. The van der Waals surface area contributed by atoms with Gasteiger partial charge in [-0.2, -0.15) is 0 Å². The number of aliphatic hydroxyl groups is 2. The molecule has 8 atom stereocenters. The summed E-state index contributed by atoms with van der Waals surface area (Å²) >= 11 is 0. The maximum Gasteiger partial charge on any atom is 0.340 e. The lowest BCUT2D eigenvalue weighted by atomic mass is 9.55. The average molecular weight is 929 g/mol. The fourth-order valence-electron chi connectivity index (χ4n) is 12.1. The van der Waals surface area contributed by atoms with E-state index >= 15 is 4.79 Å². The molecule has 2 N–H and O–H groups in total. The third-order valence-electron chi connectivity index (χ3n) is 15.6. The summed E-state index contributed by atoms with van der Waals surface area (Å²) in [6.45, 7) is 4.97. The van der Waals surface area contributed by atoms with Gasteiger partial charge in [-0.15, -0.1) is 0 Å². The van der Waals surface area contributed by atoms with E-state index in [4.69, 9.17) is 23.4 Å². The molecular weight excluding hydrogens is 869 g/mol. The zero-order chi connectivity index (χ0) is 48.0. The Balaban J connectivity index is 1.16. The Bertz CT molecular complexity index is 3000. The van der Waals surface area contributed by atoms with Crippen LogP contribution in [0.15, 0.2) is 117 Å². The Labute approximate surface area is 403 Å². The van der Waals surface area contributed by atoms with Crippen LogP contribution < -0.4 is 10.4 Å². The molecule has 11 rings (SSSR count). The van der Waals surface area contributed by atoms with Gasteiger partial charge in [0, 0.05) is 59.8 Å². The maximum absolute atomic E-state index is 15.3. The number of carbonyl (C=O) groups is 2. The largest absolute Gasteiger partial charge is 0.482 e. The predicted octanol–water partition coefficient (Wildman–Crippen LogP) is 9.89. The number of hydrogen-bond donors (Lipinski definition) is 2. The topological polar surface area (TPSA) is 142 Å². The minimum Gasteiger partial charge on any atom is -0.482 e. The van der Waals surface area contributed by atoms with E-state index in [2.05, 4.69) is 90.7 Å². The lowest BCUT2D eigenvalue weighted by Crippen LogP contribution is -2.54. The summed E-state index contributed by atoms with van der Waals surface area (Å²) in [6.07, 6.45) is 6.61. The van der Waals surface area contributed by atoms with Crippen LogP contribution in [0.5, 0.6) is 5.75 Å². The number of ether oxygens (including phenoxy) is 4. The molecule has 5 heterocycles. The zero-order valence-electron chi connectivity index (χ0n) is 39.8. The van der Waals surface area contributed by atoms with E-state index < -0.39 is 53.3 Å². The fraction of sp³-hybridized carbons (Fsp3) is 0.407. The molecule has 0 fully saturated rings. The monoisotopic (exact) mass is 928 g/mol. The van der Waals surface area contributed by atoms with Gasteiger partial charge in [-0.25, -0.2) is 9.59 Å². The van der Waals surface area contributed by atoms with Gasteiger partial charge in [0.15, 0.2) is 17.8 Å². The van der Waals surface area contributed by atoms with Crippen molar-refractivity contribution in [3.05, 3.63) is 169 Å². The smallest absolute Gasteiger partial charge is 0.340 e. The van der Waals surface area contributed by atoms with Crippen molar-refractivity contribution in [2.24, 2.45) is 5.92 Å². The number of rotatable bonds is 9. The summed E-state index contributed by atoms with van der Waals surface area (Å²) in [5.41, 5.74) is 6.57. The number of aliphatic hydroxyl groups excluding tert-OH is 2. The zero-order valence-corrected chi connectivity index (χ0v) is 39.8. The molecule has 10 heteroatoms. The van der Waals surface area contributed by atoms with Gasteiger partial charge in [0.1, 0.15) is 11.3 Å². The number of esters is 2. The number of carbonyl (C=O) groups excluding carboxylic acids is 2. The van der Waals surface area contributed by atoms with Crippen molar-refractivity contribution in [3.63, 3.8) is 0 Å². The first-order valence-corrected chi connectivity index (χ1v) is 24.5. The summed E-state index contributed by atoms with van der Waals surface area (Å²) in [5.74, 6) is 5.54. The molecule has 2 aliphatic carbocycles. The van der Waals surface area contributed by atoms with Crippen molar-refractivity contribution in [3.8, 4) is 17.6 Å². The van der Waals surface area contributed by atoms with Crippen molar-refractivity contribution in [2.45, 2.75) is 126 Å². The molecule has 8 unspecified atom stereocenters. The molecule has 4 aromatic carbocycles. The van der Waals surface area contributed by atoms with Crippen LogP contribution in [0.25, 0.3) is 11.0 Å². The molecule has 1 aromatic heterocycles. The van der Waals surface area contributed by atoms with Gasteiger partial charge in [0.05, 0.1) is 25.2 Å². The van der Waals surface area contributed by atoms with Gasteiger partial charge in [-0.3, -0.25) is 4.79 Å². The summed E-state index contributed by atoms with van der Waals surface area (Å²) in [4.78, 5) is 44.3. The van der Waals surface area contributed by atoms with E-state index in [9.17, 15) is 19.8 Å². The molecule has 6 aliphatic rings. The van der Waals surface area contributed by atoms with E-state index in [1.54, 1.807) is 12.1 Å². The van der Waals surface area contributed by atoms with E-state index in [0.29, 0.717) is 35.8 Å². The Hall–Kier alpha value is -6.25. The van der Waals surface area contributed by atoms with Crippen molar-refractivity contribution in [1.29, 1.82) is 0 Å². The lowest BCUT2D eigenvalue weighted by molar-refractivity contribution is -0.190. The molecule has 10 nitrogen and oxygen atoms in total.